The molecule has 0 spiro atoms. The van der Waals surface area contributed by atoms with Gasteiger partial charge in [-0.25, -0.2) is 0 Å². The van der Waals surface area contributed by atoms with E-state index in [0.29, 0.717) is 17.1 Å². The molecule has 2 amide bonds. The van der Waals surface area contributed by atoms with Crippen molar-refractivity contribution in [1.29, 1.82) is 0 Å². The summed E-state index contributed by atoms with van der Waals surface area (Å²) in [6.45, 7) is -0.181. The first-order valence-electron chi connectivity index (χ1n) is 5.87. The summed E-state index contributed by atoms with van der Waals surface area (Å²) in [6, 6.07) is 8.22. The number of carbonyl (C=O) groups is 2. The number of nitrogens with two attached hydrogens (primary N) is 1. The molecule has 1 aromatic heterocycles. The van der Waals surface area contributed by atoms with Crippen molar-refractivity contribution in [3.05, 3.63) is 42.2 Å². The van der Waals surface area contributed by atoms with E-state index in [-0.39, 0.29) is 12.5 Å². The van der Waals surface area contributed by atoms with Crippen LogP contribution < -0.4 is 15.8 Å². The van der Waals surface area contributed by atoms with Crippen molar-refractivity contribution >= 4 is 17.5 Å². The third-order valence-electron chi connectivity index (χ3n) is 2.44. The van der Waals surface area contributed by atoms with Crippen molar-refractivity contribution < 1.29 is 14.3 Å². The average Bonchev–Trinajstić information content (AvgIpc) is 2.85. The van der Waals surface area contributed by atoms with Crippen molar-refractivity contribution in [2.45, 2.75) is 0 Å². The van der Waals surface area contributed by atoms with Gasteiger partial charge in [-0.05, 0) is 30.3 Å². The van der Waals surface area contributed by atoms with Crippen LogP contribution >= 0.6 is 0 Å². The molecule has 0 aliphatic carbocycles. The van der Waals surface area contributed by atoms with E-state index in [2.05, 4.69) is 10.4 Å². The van der Waals surface area contributed by atoms with Crippen LogP contribution in [0, 0.1) is 0 Å². The molecule has 0 saturated heterocycles. The summed E-state index contributed by atoms with van der Waals surface area (Å²) in [7, 11) is 1.74. The average molecular weight is 274 g/mol. The molecule has 2 rings (SSSR count). The molecule has 1 aromatic carbocycles. The Morgan fingerprint density at radius 3 is 2.55 bits per heavy atom. The zero-order chi connectivity index (χ0) is 14.5. The summed E-state index contributed by atoms with van der Waals surface area (Å²) < 4.78 is 6.66. The van der Waals surface area contributed by atoms with Gasteiger partial charge in [0.25, 0.3) is 11.8 Å². The van der Waals surface area contributed by atoms with Crippen LogP contribution in [0.25, 0.3) is 0 Å². The zero-order valence-corrected chi connectivity index (χ0v) is 10.9. The number of aryl methyl sites for hydroxylation is 1. The van der Waals surface area contributed by atoms with Crippen molar-refractivity contribution in [3.63, 3.8) is 0 Å². The molecule has 0 aliphatic heterocycles. The van der Waals surface area contributed by atoms with E-state index in [1.807, 2.05) is 0 Å². The number of ether oxygens (including phenoxy) is 1. The molecule has 0 aliphatic rings. The van der Waals surface area contributed by atoms with Gasteiger partial charge in [0.1, 0.15) is 5.75 Å². The lowest BCUT2D eigenvalue weighted by Crippen LogP contribution is -2.20. The van der Waals surface area contributed by atoms with E-state index >= 15 is 0 Å². The fourth-order valence-electron chi connectivity index (χ4n) is 1.52. The molecule has 2 aromatic rings. The van der Waals surface area contributed by atoms with Crippen molar-refractivity contribution in [2.75, 3.05) is 11.9 Å². The highest BCUT2D eigenvalue weighted by Gasteiger charge is 2.08. The highest BCUT2D eigenvalue weighted by molar-refractivity contribution is 6.02. The number of hydrogen-bond donors (Lipinski definition) is 2. The largest absolute Gasteiger partial charge is 0.484 e. The summed E-state index contributed by atoms with van der Waals surface area (Å²) >= 11 is 0. The minimum Gasteiger partial charge on any atom is -0.484 e. The zero-order valence-electron chi connectivity index (χ0n) is 10.9. The Bertz CT molecular complexity index is 619. The number of aromatic nitrogens is 2. The highest BCUT2D eigenvalue weighted by Crippen LogP contribution is 2.16. The summed E-state index contributed by atoms with van der Waals surface area (Å²) in [4.78, 5) is 22.4. The standard InChI is InChI=1S/C13H14N4O3/c1-17-7-6-11(16-17)13(19)15-9-2-4-10(5-3-9)20-8-12(14)18/h2-7H,8H2,1H3,(H2,14,18)(H,15,19). The second-order valence-electron chi connectivity index (χ2n) is 4.11. The minimum absolute atomic E-state index is 0.181. The highest BCUT2D eigenvalue weighted by atomic mass is 16.5. The number of amides is 2. The Hall–Kier alpha value is -2.83. The number of benzene rings is 1. The van der Waals surface area contributed by atoms with Gasteiger partial charge in [0.2, 0.25) is 0 Å². The van der Waals surface area contributed by atoms with Gasteiger partial charge in [0.15, 0.2) is 12.3 Å². The number of nitrogens with one attached hydrogen (secondary N) is 1. The number of hydrogen-bond acceptors (Lipinski definition) is 4. The Labute approximate surface area is 115 Å². The Kier molecular flexibility index (Phi) is 3.99. The van der Waals surface area contributed by atoms with Gasteiger partial charge >= 0.3 is 0 Å². The molecule has 104 valence electrons. The second kappa shape index (κ2) is 5.87. The van der Waals surface area contributed by atoms with Crippen molar-refractivity contribution in [1.82, 2.24) is 9.78 Å². The first-order valence-corrected chi connectivity index (χ1v) is 5.87. The van der Waals surface area contributed by atoms with Crippen LogP contribution in [-0.4, -0.2) is 28.2 Å². The number of rotatable bonds is 5. The predicted octanol–water partition coefficient (Wildman–Crippen LogP) is 0.536. The second-order valence-corrected chi connectivity index (χ2v) is 4.11. The number of anilines is 1. The molecule has 0 unspecified atom stereocenters. The maximum atomic E-state index is 11.8. The predicted molar refractivity (Wildman–Crippen MR) is 72.3 cm³/mol. The molecule has 7 nitrogen and oxygen atoms in total. The van der Waals surface area contributed by atoms with Crippen molar-refractivity contribution in [2.24, 2.45) is 12.8 Å². The van der Waals surface area contributed by atoms with E-state index in [9.17, 15) is 9.59 Å². The van der Waals surface area contributed by atoms with E-state index in [1.165, 1.54) is 0 Å². The van der Waals surface area contributed by atoms with Crippen molar-refractivity contribution in [3.8, 4) is 5.75 Å². The quantitative estimate of drug-likeness (QED) is 0.831. The number of nitrogens with zero attached hydrogens (tertiary/aromatic N) is 2. The molecule has 0 fully saturated rings. The van der Waals surface area contributed by atoms with Crippen LogP contribution in [0.1, 0.15) is 10.5 Å². The summed E-state index contributed by atoms with van der Waals surface area (Å²) in [5.74, 6) is -0.339. The fraction of sp³-hybridized carbons (Fsp3) is 0.154. The van der Waals surface area contributed by atoms with Crippen LogP contribution in [0.4, 0.5) is 5.69 Å². The smallest absolute Gasteiger partial charge is 0.276 e. The Balaban J connectivity index is 1.96. The van der Waals surface area contributed by atoms with Gasteiger partial charge in [0.05, 0.1) is 0 Å². The Morgan fingerprint density at radius 1 is 1.30 bits per heavy atom. The molecular formula is C13H14N4O3. The first kappa shape index (κ1) is 13.6. The van der Waals surface area contributed by atoms with Crippen LogP contribution in [0.3, 0.4) is 0 Å². The van der Waals surface area contributed by atoms with Gasteiger partial charge in [-0.1, -0.05) is 0 Å². The van der Waals surface area contributed by atoms with Gasteiger partial charge in [-0.15, -0.1) is 0 Å². The summed E-state index contributed by atoms with van der Waals surface area (Å²) in [5.41, 5.74) is 5.91. The molecule has 20 heavy (non-hydrogen) atoms. The van der Waals surface area contributed by atoms with Crippen LogP contribution in [0.15, 0.2) is 36.5 Å². The molecule has 1 heterocycles. The SMILES string of the molecule is Cn1ccc(C(=O)Nc2ccc(OCC(N)=O)cc2)n1. The molecular weight excluding hydrogens is 260 g/mol. The normalized spacial score (nSPS) is 10.1. The first-order chi connectivity index (χ1) is 9.54. The molecule has 3 N–H and O–H groups in total. The van der Waals surface area contributed by atoms with E-state index in [0.717, 1.165) is 0 Å². The lowest BCUT2D eigenvalue weighted by Gasteiger charge is -2.06. The molecule has 0 atom stereocenters. The fourth-order valence-corrected chi connectivity index (χ4v) is 1.52. The van der Waals surface area contributed by atoms with Crippen LogP contribution in [0.2, 0.25) is 0 Å². The topological polar surface area (TPSA) is 99.2 Å². The third kappa shape index (κ3) is 3.58. The van der Waals surface area contributed by atoms with Crippen LogP contribution in [-0.2, 0) is 11.8 Å². The molecule has 0 radical (unpaired) electrons. The van der Waals surface area contributed by atoms with E-state index < -0.39 is 5.91 Å². The molecule has 7 heteroatoms. The Morgan fingerprint density at radius 2 is 2.00 bits per heavy atom. The van der Waals surface area contributed by atoms with Crippen LogP contribution in [0.5, 0.6) is 5.75 Å². The van der Waals surface area contributed by atoms with Gasteiger partial charge in [-0.3, -0.25) is 14.3 Å². The molecule has 0 bridgehead atoms. The van der Waals surface area contributed by atoms with Gasteiger partial charge in [-0.2, -0.15) is 5.10 Å². The number of carbonyl (C=O) groups excluding carboxylic acids is 2. The number of primary amides is 1. The lowest BCUT2D eigenvalue weighted by atomic mass is 10.3. The monoisotopic (exact) mass is 274 g/mol. The minimum atomic E-state index is -0.544. The lowest BCUT2D eigenvalue weighted by molar-refractivity contribution is -0.119. The summed E-state index contributed by atoms with van der Waals surface area (Å²) in [6.07, 6.45) is 1.69. The third-order valence-corrected chi connectivity index (χ3v) is 2.44. The molecule has 0 saturated carbocycles. The van der Waals surface area contributed by atoms with Gasteiger partial charge < -0.3 is 15.8 Å². The maximum absolute atomic E-state index is 11.8. The van der Waals surface area contributed by atoms with E-state index in [4.69, 9.17) is 10.5 Å². The maximum Gasteiger partial charge on any atom is 0.276 e. The van der Waals surface area contributed by atoms with E-state index in [1.54, 1.807) is 48.3 Å². The summed E-state index contributed by atoms with van der Waals surface area (Å²) in [5, 5.41) is 6.70. The van der Waals surface area contributed by atoms with Gasteiger partial charge in [0, 0.05) is 18.9 Å².